The molecule has 0 aliphatic heterocycles. The Morgan fingerprint density at radius 2 is 1.41 bits per heavy atom. The molecule has 0 unspecified atom stereocenters. The summed E-state index contributed by atoms with van der Waals surface area (Å²) >= 11 is 0. The Balaban J connectivity index is 1.60. The monoisotopic (exact) mass is 375 g/mol. The van der Waals surface area contributed by atoms with Crippen LogP contribution in [0.4, 0.5) is 5.69 Å². The van der Waals surface area contributed by atoms with Gasteiger partial charge in [-0.25, -0.2) is 0 Å². The first-order chi connectivity index (χ1) is 14.0. The van der Waals surface area contributed by atoms with E-state index in [1.165, 1.54) is 27.8 Å². The zero-order chi connectivity index (χ0) is 19.8. The lowest BCUT2D eigenvalue weighted by Crippen LogP contribution is -2.15. The molecule has 2 nitrogen and oxygen atoms in total. The SMILES string of the molecule is CC1(C)c2cc(N)ccc2-c2ccc(-c3cccc4c3oc3ccccc34)cc21. The van der Waals surface area contributed by atoms with Crippen molar-refractivity contribution in [3.63, 3.8) is 0 Å². The molecule has 0 atom stereocenters. The topological polar surface area (TPSA) is 39.2 Å². The minimum absolute atomic E-state index is 0.0855. The van der Waals surface area contributed by atoms with Gasteiger partial charge in [-0.05, 0) is 52.1 Å². The molecule has 0 saturated heterocycles. The largest absolute Gasteiger partial charge is 0.455 e. The number of anilines is 1. The molecule has 2 heteroatoms. The number of benzene rings is 4. The molecule has 140 valence electrons. The number of nitrogens with two attached hydrogens (primary N) is 1. The van der Waals surface area contributed by atoms with E-state index in [0.29, 0.717) is 0 Å². The molecule has 4 aromatic carbocycles. The number of nitrogen functional groups attached to an aromatic ring is 1. The van der Waals surface area contributed by atoms with Crippen LogP contribution >= 0.6 is 0 Å². The van der Waals surface area contributed by atoms with Crippen LogP contribution < -0.4 is 5.73 Å². The fourth-order valence-electron chi connectivity index (χ4n) is 4.90. The number of hydrogen-bond donors (Lipinski definition) is 1. The molecule has 1 aromatic heterocycles. The minimum atomic E-state index is -0.0855. The quantitative estimate of drug-likeness (QED) is 0.316. The standard InChI is InChI=1S/C27H21NO/c1-27(2)23-14-16(10-12-19(23)20-13-11-17(28)15-24(20)27)18-7-5-8-22-21-6-3-4-9-25(21)29-26(18)22/h3-15H,28H2,1-2H3. The average molecular weight is 375 g/mol. The van der Waals surface area contributed by atoms with Crippen LogP contribution in [0.25, 0.3) is 44.2 Å². The Bertz CT molecular complexity index is 1440. The number of para-hydroxylation sites is 2. The van der Waals surface area contributed by atoms with E-state index in [-0.39, 0.29) is 5.41 Å². The maximum atomic E-state index is 6.27. The van der Waals surface area contributed by atoms with Crippen molar-refractivity contribution in [1.82, 2.24) is 0 Å². The second-order valence-corrected chi connectivity index (χ2v) is 8.47. The highest BCUT2D eigenvalue weighted by Gasteiger charge is 2.35. The molecule has 0 amide bonds. The predicted molar refractivity (Wildman–Crippen MR) is 121 cm³/mol. The fraction of sp³-hybridized carbons (Fsp3) is 0.111. The first kappa shape index (κ1) is 16.4. The number of fused-ring (bicyclic) bond motifs is 6. The summed E-state index contributed by atoms with van der Waals surface area (Å²) in [4.78, 5) is 0. The van der Waals surface area contributed by atoms with Crippen LogP contribution in [0.1, 0.15) is 25.0 Å². The molecule has 0 saturated carbocycles. The highest BCUT2D eigenvalue weighted by Crippen LogP contribution is 2.50. The zero-order valence-electron chi connectivity index (χ0n) is 16.5. The van der Waals surface area contributed by atoms with Crippen LogP contribution in [-0.4, -0.2) is 0 Å². The summed E-state index contributed by atoms with van der Waals surface area (Å²) in [5.74, 6) is 0. The van der Waals surface area contributed by atoms with Crippen LogP contribution in [0.3, 0.4) is 0 Å². The van der Waals surface area contributed by atoms with E-state index >= 15 is 0 Å². The van der Waals surface area contributed by atoms with Crippen molar-refractivity contribution in [3.05, 3.63) is 90.0 Å². The third-order valence-corrected chi connectivity index (χ3v) is 6.42. The van der Waals surface area contributed by atoms with Crippen LogP contribution in [0.5, 0.6) is 0 Å². The second-order valence-electron chi connectivity index (χ2n) is 8.47. The van der Waals surface area contributed by atoms with Gasteiger partial charge >= 0.3 is 0 Å². The Labute approximate surface area is 169 Å². The second kappa shape index (κ2) is 5.51. The maximum Gasteiger partial charge on any atom is 0.143 e. The van der Waals surface area contributed by atoms with E-state index in [1.807, 2.05) is 18.2 Å². The molecule has 6 rings (SSSR count). The molecule has 2 N–H and O–H groups in total. The summed E-state index contributed by atoms with van der Waals surface area (Å²) in [7, 11) is 0. The van der Waals surface area contributed by atoms with Crippen molar-refractivity contribution in [3.8, 4) is 22.3 Å². The molecule has 5 aromatic rings. The molecule has 1 aliphatic carbocycles. The molecule has 29 heavy (non-hydrogen) atoms. The van der Waals surface area contributed by atoms with Crippen molar-refractivity contribution in [2.24, 2.45) is 0 Å². The van der Waals surface area contributed by atoms with Gasteiger partial charge in [-0.2, -0.15) is 0 Å². The molecule has 0 spiro atoms. The van der Waals surface area contributed by atoms with Crippen LogP contribution in [0.15, 0.2) is 83.3 Å². The maximum absolute atomic E-state index is 6.27. The molecule has 0 fully saturated rings. The van der Waals surface area contributed by atoms with E-state index < -0.39 is 0 Å². The van der Waals surface area contributed by atoms with Gasteiger partial charge in [-0.3, -0.25) is 0 Å². The van der Waals surface area contributed by atoms with Gasteiger partial charge < -0.3 is 10.2 Å². The molecule has 0 bridgehead atoms. The average Bonchev–Trinajstić information content (AvgIpc) is 3.21. The van der Waals surface area contributed by atoms with E-state index in [4.69, 9.17) is 10.2 Å². The third-order valence-electron chi connectivity index (χ3n) is 6.42. The Hall–Kier alpha value is -3.52. The summed E-state index contributed by atoms with van der Waals surface area (Å²) in [5, 5.41) is 2.32. The lowest BCUT2D eigenvalue weighted by atomic mass is 9.81. The van der Waals surface area contributed by atoms with Gasteiger partial charge in [0.15, 0.2) is 0 Å². The Morgan fingerprint density at radius 1 is 0.690 bits per heavy atom. The lowest BCUT2D eigenvalue weighted by Gasteiger charge is -2.22. The highest BCUT2D eigenvalue weighted by atomic mass is 16.3. The van der Waals surface area contributed by atoms with Crippen molar-refractivity contribution in [2.45, 2.75) is 19.3 Å². The normalized spacial score (nSPS) is 14.3. The van der Waals surface area contributed by atoms with Crippen molar-refractivity contribution in [1.29, 1.82) is 0 Å². The Kier molecular flexibility index (Phi) is 3.12. The van der Waals surface area contributed by atoms with Gasteiger partial charge in [-0.1, -0.05) is 68.4 Å². The number of hydrogen-bond acceptors (Lipinski definition) is 2. The summed E-state index contributed by atoms with van der Waals surface area (Å²) in [6, 6.07) is 27.7. The number of rotatable bonds is 1. The van der Waals surface area contributed by atoms with Crippen LogP contribution in [0, 0.1) is 0 Å². The minimum Gasteiger partial charge on any atom is -0.455 e. The van der Waals surface area contributed by atoms with E-state index in [1.54, 1.807) is 0 Å². The fourth-order valence-corrected chi connectivity index (χ4v) is 4.90. The van der Waals surface area contributed by atoms with Crippen molar-refractivity contribution >= 4 is 27.6 Å². The van der Waals surface area contributed by atoms with Gasteiger partial charge in [0.2, 0.25) is 0 Å². The van der Waals surface area contributed by atoms with Gasteiger partial charge in [0.05, 0.1) is 0 Å². The van der Waals surface area contributed by atoms with Crippen LogP contribution in [-0.2, 0) is 5.41 Å². The zero-order valence-corrected chi connectivity index (χ0v) is 16.5. The number of furan rings is 1. The predicted octanol–water partition coefficient (Wildman–Crippen LogP) is 7.14. The summed E-state index contributed by atoms with van der Waals surface area (Å²) in [6.45, 7) is 4.56. The molecule has 1 aliphatic rings. The highest BCUT2D eigenvalue weighted by molar-refractivity contribution is 6.09. The van der Waals surface area contributed by atoms with Crippen molar-refractivity contribution < 1.29 is 4.42 Å². The van der Waals surface area contributed by atoms with Crippen LogP contribution in [0.2, 0.25) is 0 Å². The first-order valence-electron chi connectivity index (χ1n) is 9.99. The van der Waals surface area contributed by atoms with E-state index in [2.05, 4.69) is 74.5 Å². The molecular weight excluding hydrogens is 354 g/mol. The third kappa shape index (κ3) is 2.17. The summed E-state index contributed by atoms with van der Waals surface area (Å²) in [5.41, 5.74) is 16.2. The lowest BCUT2D eigenvalue weighted by molar-refractivity contribution is 0.660. The molecular formula is C27H21NO. The molecule has 1 heterocycles. The van der Waals surface area contributed by atoms with Gasteiger partial charge in [-0.15, -0.1) is 0 Å². The van der Waals surface area contributed by atoms with E-state index in [0.717, 1.165) is 33.2 Å². The first-order valence-corrected chi connectivity index (χ1v) is 9.99. The van der Waals surface area contributed by atoms with Gasteiger partial charge in [0.1, 0.15) is 11.2 Å². The Morgan fingerprint density at radius 3 is 2.28 bits per heavy atom. The summed E-state index contributed by atoms with van der Waals surface area (Å²) in [6.07, 6.45) is 0. The summed E-state index contributed by atoms with van der Waals surface area (Å²) < 4.78 is 6.27. The van der Waals surface area contributed by atoms with Crippen molar-refractivity contribution in [2.75, 3.05) is 5.73 Å². The van der Waals surface area contributed by atoms with E-state index in [9.17, 15) is 0 Å². The molecule has 0 radical (unpaired) electrons. The van der Waals surface area contributed by atoms with Gasteiger partial charge in [0, 0.05) is 27.4 Å². The van der Waals surface area contributed by atoms with Gasteiger partial charge in [0.25, 0.3) is 0 Å². The smallest absolute Gasteiger partial charge is 0.143 e.